The zero-order valence-corrected chi connectivity index (χ0v) is 15.6. The quantitative estimate of drug-likeness (QED) is 0.852. The molecule has 2 aliphatic heterocycles. The summed E-state index contributed by atoms with van der Waals surface area (Å²) in [5, 5.41) is 2.96. The van der Waals surface area contributed by atoms with Gasteiger partial charge in [0.2, 0.25) is 0 Å². The van der Waals surface area contributed by atoms with Gasteiger partial charge in [-0.2, -0.15) is 0 Å². The molecule has 3 rings (SSSR count). The van der Waals surface area contributed by atoms with Crippen LogP contribution in [0.2, 0.25) is 0 Å². The van der Waals surface area contributed by atoms with Crippen molar-refractivity contribution in [3.8, 4) is 0 Å². The summed E-state index contributed by atoms with van der Waals surface area (Å²) < 4.78 is 22.9. The first-order valence-electron chi connectivity index (χ1n) is 8.92. The minimum absolute atomic E-state index is 0.0407. The molecule has 2 aliphatic rings. The van der Waals surface area contributed by atoms with Gasteiger partial charge in [0.05, 0.1) is 11.5 Å². The second kappa shape index (κ2) is 7.85. The van der Waals surface area contributed by atoms with Gasteiger partial charge in [0.25, 0.3) is 5.91 Å². The summed E-state index contributed by atoms with van der Waals surface area (Å²) in [6.45, 7) is 5.25. The van der Waals surface area contributed by atoms with Gasteiger partial charge in [-0.1, -0.05) is 12.1 Å². The lowest BCUT2D eigenvalue weighted by atomic mass is 10.1. The van der Waals surface area contributed by atoms with Crippen LogP contribution in [0.4, 0.5) is 0 Å². The van der Waals surface area contributed by atoms with Crippen molar-refractivity contribution in [1.29, 1.82) is 0 Å². The zero-order valence-electron chi connectivity index (χ0n) is 14.8. The van der Waals surface area contributed by atoms with E-state index in [-0.39, 0.29) is 23.5 Å². The molecule has 7 heteroatoms. The van der Waals surface area contributed by atoms with E-state index in [1.807, 2.05) is 24.3 Å². The predicted molar refractivity (Wildman–Crippen MR) is 98.4 cm³/mol. The van der Waals surface area contributed by atoms with Gasteiger partial charge < -0.3 is 10.2 Å². The monoisotopic (exact) mass is 365 g/mol. The van der Waals surface area contributed by atoms with Gasteiger partial charge in [-0.3, -0.25) is 9.69 Å². The molecule has 0 unspecified atom stereocenters. The smallest absolute Gasteiger partial charge is 0.251 e. The largest absolute Gasteiger partial charge is 0.349 e. The van der Waals surface area contributed by atoms with E-state index in [2.05, 4.69) is 22.2 Å². The van der Waals surface area contributed by atoms with Crippen molar-refractivity contribution in [2.24, 2.45) is 0 Å². The molecule has 2 saturated heterocycles. The Balaban J connectivity index is 1.50. The van der Waals surface area contributed by atoms with E-state index in [0.717, 1.165) is 32.7 Å². The molecule has 138 valence electrons. The average Bonchev–Trinajstić information content (AvgIpc) is 2.59. The Labute approximate surface area is 150 Å². The highest BCUT2D eigenvalue weighted by Crippen LogP contribution is 2.14. The van der Waals surface area contributed by atoms with Gasteiger partial charge in [-0.05, 0) is 37.6 Å². The minimum Gasteiger partial charge on any atom is -0.349 e. The number of nitrogens with one attached hydrogen (secondary N) is 1. The van der Waals surface area contributed by atoms with Gasteiger partial charge in [-0.25, -0.2) is 8.42 Å². The fourth-order valence-electron chi connectivity index (χ4n) is 3.33. The molecule has 0 atom stereocenters. The lowest BCUT2D eigenvalue weighted by Crippen LogP contribution is -2.43. The summed E-state index contributed by atoms with van der Waals surface area (Å²) in [6, 6.07) is 7.71. The molecule has 1 amide bonds. The standard InChI is InChI=1S/C18H27N3O3S/c1-20-8-10-21(11-9-20)14-15-2-4-16(5-3-15)18(22)19-17-6-12-25(23,24)13-7-17/h2-5,17H,6-14H2,1H3,(H,19,22). The van der Waals surface area contributed by atoms with Crippen LogP contribution in [0.5, 0.6) is 0 Å². The van der Waals surface area contributed by atoms with Gasteiger partial charge in [0.15, 0.2) is 0 Å². The molecule has 0 spiro atoms. The first-order valence-corrected chi connectivity index (χ1v) is 10.7. The van der Waals surface area contributed by atoms with Crippen molar-refractivity contribution < 1.29 is 13.2 Å². The molecule has 0 bridgehead atoms. The number of sulfone groups is 1. The second-order valence-electron chi connectivity index (χ2n) is 7.18. The highest BCUT2D eigenvalue weighted by atomic mass is 32.2. The van der Waals surface area contributed by atoms with Gasteiger partial charge in [-0.15, -0.1) is 0 Å². The Kier molecular flexibility index (Phi) is 5.76. The number of hydrogen-bond acceptors (Lipinski definition) is 5. The van der Waals surface area contributed by atoms with Crippen LogP contribution in [0.25, 0.3) is 0 Å². The molecule has 2 heterocycles. The zero-order chi connectivity index (χ0) is 17.9. The molecular weight excluding hydrogens is 338 g/mol. The molecule has 0 aliphatic carbocycles. The Bertz CT molecular complexity index is 681. The summed E-state index contributed by atoms with van der Waals surface area (Å²) in [7, 11) is -0.753. The third kappa shape index (κ3) is 5.26. The molecule has 0 radical (unpaired) electrons. The van der Waals surface area contributed by atoms with Crippen molar-refractivity contribution >= 4 is 15.7 Å². The highest BCUT2D eigenvalue weighted by Gasteiger charge is 2.25. The molecule has 1 N–H and O–H groups in total. The molecule has 1 aromatic carbocycles. The Morgan fingerprint density at radius 1 is 1.08 bits per heavy atom. The van der Waals surface area contributed by atoms with Crippen molar-refractivity contribution in [1.82, 2.24) is 15.1 Å². The number of hydrogen-bond donors (Lipinski definition) is 1. The summed E-state index contributed by atoms with van der Waals surface area (Å²) in [5.41, 5.74) is 1.85. The van der Waals surface area contributed by atoms with E-state index in [9.17, 15) is 13.2 Å². The van der Waals surface area contributed by atoms with Crippen LogP contribution in [0, 0.1) is 0 Å². The number of amides is 1. The minimum atomic E-state index is -2.90. The number of benzene rings is 1. The van der Waals surface area contributed by atoms with Crippen molar-refractivity contribution in [3.63, 3.8) is 0 Å². The fraction of sp³-hybridized carbons (Fsp3) is 0.611. The Hall–Kier alpha value is -1.44. The summed E-state index contributed by atoms with van der Waals surface area (Å²) in [4.78, 5) is 17.1. The van der Waals surface area contributed by atoms with E-state index in [1.165, 1.54) is 5.56 Å². The number of nitrogens with zero attached hydrogens (tertiary/aromatic N) is 2. The van der Waals surface area contributed by atoms with Crippen LogP contribution in [0.3, 0.4) is 0 Å². The molecule has 25 heavy (non-hydrogen) atoms. The first-order chi connectivity index (χ1) is 11.9. The lowest BCUT2D eigenvalue weighted by molar-refractivity contribution is 0.0934. The number of piperazine rings is 1. The SMILES string of the molecule is CN1CCN(Cc2ccc(C(=O)NC3CCS(=O)(=O)CC3)cc2)CC1. The van der Waals surface area contributed by atoms with Gasteiger partial charge >= 0.3 is 0 Å². The maximum Gasteiger partial charge on any atom is 0.251 e. The predicted octanol–water partition coefficient (Wildman–Crippen LogP) is 0.741. The van der Waals surface area contributed by atoms with Crippen LogP contribution in [0.1, 0.15) is 28.8 Å². The van der Waals surface area contributed by atoms with Crippen LogP contribution >= 0.6 is 0 Å². The number of carbonyl (C=O) groups excluding carboxylic acids is 1. The third-order valence-electron chi connectivity index (χ3n) is 5.11. The average molecular weight is 365 g/mol. The van der Waals surface area contributed by atoms with E-state index < -0.39 is 9.84 Å². The normalized spacial score (nSPS) is 22.6. The van der Waals surface area contributed by atoms with Crippen LogP contribution in [0.15, 0.2) is 24.3 Å². The molecule has 0 aromatic heterocycles. The van der Waals surface area contributed by atoms with Crippen molar-refractivity contribution in [2.75, 3.05) is 44.7 Å². The Morgan fingerprint density at radius 3 is 2.28 bits per heavy atom. The van der Waals surface area contributed by atoms with E-state index >= 15 is 0 Å². The summed E-state index contributed by atoms with van der Waals surface area (Å²) in [5.74, 6) is 0.222. The fourth-order valence-corrected chi connectivity index (χ4v) is 4.82. The van der Waals surface area contributed by atoms with Crippen LogP contribution in [-0.2, 0) is 16.4 Å². The number of likely N-dealkylation sites (N-methyl/N-ethyl adjacent to an activating group) is 1. The van der Waals surface area contributed by atoms with E-state index in [4.69, 9.17) is 0 Å². The lowest BCUT2D eigenvalue weighted by Gasteiger charge is -2.32. The molecule has 6 nitrogen and oxygen atoms in total. The van der Waals surface area contributed by atoms with E-state index in [1.54, 1.807) is 0 Å². The van der Waals surface area contributed by atoms with Gasteiger partial charge in [0, 0.05) is 44.3 Å². The molecular formula is C18H27N3O3S. The van der Waals surface area contributed by atoms with Crippen molar-refractivity contribution in [2.45, 2.75) is 25.4 Å². The number of carbonyl (C=O) groups is 1. The van der Waals surface area contributed by atoms with Gasteiger partial charge in [0.1, 0.15) is 9.84 Å². The second-order valence-corrected chi connectivity index (χ2v) is 9.48. The Morgan fingerprint density at radius 2 is 1.68 bits per heavy atom. The topological polar surface area (TPSA) is 69.7 Å². The van der Waals surface area contributed by atoms with Crippen molar-refractivity contribution in [3.05, 3.63) is 35.4 Å². The molecule has 2 fully saturated rings. The van der Waals surface area contributed by atoms with Crippen LogP contribution < -0.4 is 5.32 Å². The maximum atomic E-state index is 12.3. The molecule has 1 aromatic rings. The maximum absolute atomic E-state index is 12.3. The third-order valence-corrected chi connectivity index (χ3v) is 6.82. The first kappa shape index (κ1) is 18.4. The van der Waals surface area contributed by atoms with Crippen LogP contribution in [-0.4, -0.2) is 74.9 Å². The summed E-state index contributed by atoms with van der Waals surface area (Å²) in [6.07, 6.45) is 1.02. The highest BCUT2D eigenvalue weighted by molar-refractivity contribution is 7.91. The summed E-state index contributed by atoms with van der Waals surface area (Å²) >= 11 is 0. The number of rotatable bonds is 4. The van der Waals surface area contributed by atoms with E-state index in [0.29, 0.717) is 18.4 Å². The molecule has 0 saturated carbocycles.